The molecular formula is C15H18N2O3. The number of ether oxygens (including phenoxy) is 1. The number of fused-ring (bicyclic) bond motifs is 1. The zero-order valence-corrected chi connectivity index (χ0v) is 11.5. The average molecular weight is 274 g/mol. The summed E-state index contributed by atoms with van der Waals surface area (Å²) >= 11 is 0. The van der Waals surface area contributed by atoms with E-state index in [0.29, 0.717) is 11.3 Å². The van der Waals surface area contributed by atoms with Crippen molar-refractivity contribution < 1.29 is 9.15 Å². The predicted octanol–water partition coefficient (Wildman–Crippen LogP) is 1.21. The Morgan fingerprint density at radius 2 is 2.15 bits per heavy atom. The molecule has 2 aromatic rings. The lowest BCUT2D eigenvalue weighted by Gasteiger charge is -2.27. The van der Waals surface area contributed by atoms with Crippen LogP contribution < -0.4 is 15.7 Å². The van der Waals surface area contributed by atoms with Gasteiger partial charge in [0.15, 0.2) is 11.3 Å². The first kappa shape index (κ1) is 13.1. The molecule has 5 heteroatoms. The molecule has 0 atom stereocenters. The quantitative estimate of drug-likeness (QED) is 0.853. The van der Waals surface area contributed by atoms with E-state index in [4.69, 9.17) is 9.15 Å². The summed E-state index contributed by atoms with van der Waals surface area (Å²) in [6, 6.07) is 7.28. The fraction of sp³-hybridized carbons (Fsp3) is 0.400. The molecular weight excluding hydrogens is 256 g/mol. The molecule has 1 N–H and O–H groups in total. The summed E-state index contributed by atoms with van der Waals surface area (Å²) in [6.07, 6.45) is 0. The minimum Gasteiger partial charge on any atom is -0.493 e. The first-order valence-electron chi connectivity index (χ1n) is 6.81. The molecule has 0 radical (unpaired) electrons. The van der Waals surface area contributed by atoms with Crippen LogP contribution in [0.25, 0.3) is 11.0 Å². The highest BCUT2D eigenvalue weighted by molar-refractivity contribution is 5.85. The van der Waals surface area contributed by atoms with E-state index in [1.165, 1.54) is 0 Å². The third-order valence-electron chi connectivity index (χ3n) is 3.64. The Morgan fingerprint density at radius 3 is 2.90 bits per heavy atom. The smallest absolute Gasteiger partial charge is 0.336 e. The molecule has 0 spiro atoms. The second kappa shape index (κ2) is 5.64. The van der Waals surface area contributed by atoms with E-state index in [2.05, 4.69) is 10.2 Å². The van der Waals surface area contributed by atoms with E-state index in [1.54, 1.807) is 19.2 Å². The van der Waals surface area contributed by atoms with Gasteiger partial charge in [0.2, 0.25) is 0 Å². The Kier molecular flexibility index (Phi) is 3.71. The summed E-state index contributed by atoms with van der Waals surface area (Å²) in [6.45, 7) is 4.72. The minimum atomic E-state index is -0.327. The van der Waals surface area contributed by atoms with Gasteiger partial charge in [-0.3, -0.25) is 4.90 Å². The zero-order chi connectivity index (χ0) is 13.9. The Hall–Kier alpha value is -1.85. The number of hydrogen-bond acceptors (Lipinski definition) is 5. The highest BCUT2D eigenvalue weighted by Crippen LogP contribution is 2.27. The lowest BCUT2D eigenvalue weighted by atomic mass is 10.1. The van der Waals surface area contributed by atoms with Crippen LogP contribution in [0.15, 0.2) is 33.5 Å². The van der Waals surface area contributed by atoms with E-state index in [9.17, 15) is 4.79 Å². The molecule has 0 unspecified atom stereocenters. The van der Waals surface area contributed by atoms with E-state index >= 15 is 0 Å². The molecule has 1 aromatic carbocycles. The largest absolute Gasteiger partial charge is 0.493 e. The third-order valence-corrected chi connectivity index (χ3v) is 3.64. The molecule has 5 nitrogen and oxygen atoms in total. The van der Waals surface area contributed by atoms with Crippen molar-refractivity contribution in [2.45, 2.75) is 6.54 Å². The number of methoxy groups -OCH3 is 1. The number of piperazine rings is 1. The van der Waals surface area contributed by atoms with E-state index in [0.717, 1.165) is 43.7 Å². The molecule has 2 heterocycles. The molecule has 3 rings (SSSR count). The van der Waals surface area contributed by atoms with Crippen molar-refractivity contribution in [2.75, 3.05) is 33.3 Å². The highest BCUT2D eigenvalue weighted by Gasteiger charge is 2.14. The van der Waals surface area contributed by atoms with Crippen molar-refractivity contribution in [2.24, 2.45) is 0 Å². The zero-order valence-electron chi connectivity index (χ0n) is 11.5. The van der Waals surface area contributed by atoms with Gasteiger partial charge in [0.25, 0.3) is 0 Å². The SMILES string of the molecule is COc1cccc2c(CN3CCNCC3)cc(=O)oc12. The number of rotatable bonds is 3. The van der Waals surface area contributed by atoms with Gasteiger partial charge in [-0.2, -0.15) is 0 Å². The van der Waals surface area contributed by atoms with Crippen molar-refractivity contribution in [1.82, 2.24) is 10.2 Å². The Balaban J connectivity index is 2.03. The molecule has 106 valence electrons. The van der Waals surface area contributed by atoms with Crippen LogP contribution in [0, 0.1) is 0 Å². The standard InChI is InChI=1S/C15H18N2O3/c1-19-13-4-2-3-12-11(9-14(18)20-15(12)13)10-17-7-5-16-6-8-17/h2-4,9,16H,5-8,10H2,1H3. The number of para-hydroxylation sites is 1. The van der Waals surface area contributed by atoms with Crippen LogP contribution in [-0.4, -0.2) is 38.2 Å². The number of nitrogens with one attached hydrogen (secondary N) is 1. The summed E-state index contributed by atoms with van der Waals surface area (Å²) in [5, 5.41) is 4.27. The van der Waals surface area contributed by atoms with E-state index in [1.807, 2.05) is 12.1 Å². The summed E-state index contributed by atoms with van der Waals surface area (Å²) in [5.41, 5.74) is 1.21. The maximum absolute atomic E-state index is 11.8. The summed E-state index contributed by atoms with van der Waals surface area (Å²) in [4.78, 5) is 14.1. The molecule has 1 saturated heterocycles. The molecule has 0 aliphatic carbocycles. The lowest BCUT2D eigenvalue weighted by molar-refractivity contribution is 0.233. The Bertz CT molecular complexity index is 660. The van der Waals surface area contributed by atoms with Gasteiger partial charge < -0.3 is 14.5 Å². The van der Waals surface area contributed by atoms with Crippen molar-refractivity contribution in [3.63, 3.8) is 0 Å². The van der Waals surface area contributed by atoms with Crippen LogP contribution in [0.5, 0.6) is 5.75 Å². The van der Waals surface area contributed by atoms with Gasteiger partial charge in [-0.05, 0) is 11.6 Å². The second-order valence-electron chi connectivity index (χ2n) is 4.95. The summed E-state index contributed by atoms with van der Waals surface area (Å²) in [5.74, 6) is 0.599. The molecule has 0 amide bonds. The molecule has 1 fully saturated rings. The van der Waals surface area contributed by atoms with E-state index in [-0.39, 0.29) is 5.63 Å². The van der Waals surface area contributed by atoms with Gasteiger partial charge in [-0.25, -0.2) is 4.79 Å². The van der Waals surface area contributed by atoms with Crippen molar-refractivity contribution in [1.29, 1.82) is 0 Å². The van der Waals surface area contributed by atoms with Crippen LogP contribution in [0.1, 0.15) is 5.56 Å². The van der Waals surface area contributed by atoms with Crippen molar-refractivity contribution >= 4 is 11.0 Å². The topological polar surface area (TPSA) is 54.7 Å². The molecule has 1 aromatic heterocycles. The number of nitrogens with zero attached hydrogens (tertiary/aromatic N) is 1. The fourth-order valence-corrected chi connectivity index (χ4v) is 2.63. The first-order chi connectivity index (χ1) is 9.78. The van der Waals surface area contributed by atoms with Crippen LogP contribution in [-0.2, 0) is 6.54 Å². The van der Waals surface area contributed by atoms with Crippen molar-refractivity contribution in [3.05, 3.63) is 40.2 Å². The van der Waals surface area contributed by atoms with Gasteiger partial charge >= 0.3 is 5.63 Å². The molecule has 1 aliphatic heterocycles. The van der Waals surface area contributed by atoms with Crippen LogP contribution >= 0.6 is 0 Å². The van der Waals surface area contributed by atoms with E-state index < -0.39 is 0 Å². The van der Waals surface area contributed by atoms with Crippen LogP contribution in [0.2, 0.25) is 0 Å². The lowest BCUT2D eigenvalue weighted by Crippen LogP contribution is -2.43. The van der Waals surface area contributed by atoms with Gasteiger partial charge in [-0.15, -0.1) is 0 Å². The van der Waals surface area contributed by atoms with Crippen LogP contribution in [0.4, 0.5) is 0 Å². The highest BCUT2D eigenvalue weighted by atomic mass is 16.5. The third kappa shape index (κ3) is 2.55. The van der Waals surface area contributed by atoms with Gasteiger partial charge in [-0.1, -0.05) is 12.1 Å². The molecule has 0 bridgehead atoms. The van der Waals surface area contributed by atoms with Crippen LogP contribution in [0.3, 0.4) is 0 Å². The average Bonchev–Trinajstić information content (AvgIpc) is 2.47. The Labute approximate surface area is 117 Å². The maximum Gasteiger partial charge on any atom is 0.336 e. The first-order valence-corrected chi connectivity index (χ1v) is 6.81. The normalized spacial score (nSPS) is 16.4. The summed E-state index contributed by atoms with van der Waals surface area (Å²) < 4.78 is 10.6. The Morgan fingerprint density at radius 1 is 1.35 bits per heavy atom. The van der Waals surface area contributed by atoms with Crippen molar-refractivity contribution in [3.8, 4) is 5.75 Å². The maximum atomic E-state index is 11.8. The molecule has 20 heavy (non-hydrogen) atoms. The minimum absolute atomic E-state index is 0.327. The molecule has 1 aliphatic rings. The monoisotopic (exact) mass is 274 g/mol. The van der Waals surface area contributed by atoms with Gasteiger partial charge in [0.05, 0.1) is 7.11 Å². The number of hydrogen-bond donors (Lipinski definition) is 1. The molecule has 0 saturated carbocycles. The predicted molar refractivity (Wildman–Crippen MR) is 77.2 cm³/mol. The summed E-state index contributed by atoms with van der Waals surface area (Å²) in [7, 11) is 1.58. The number of benzene rings is 1. The van der Waals surface area contributed by atoms with Gasteiger partial charge in [0, 0.05) is 44.2 Å². The fourth-order valence-electron chi connectivity index (χ4n) is 2.63. The second-order valence-corrected chi connectivity index (χ2v) is 4.95. The van der Waals surface area contributed by atoms with Gasteiger partial charge in [0.1, 0.15) is 0 Å².